The molecule has 0 bridgehead atoms. The highest BCUT2D eigenvalue weighted by Gasteiger charge is 2.29. The number of methoxy groups -OCH3 is 1. The van der Waals surface area contributed by atoms with E-state index in [9.17, 15) is 14.0 Å². The molecular weight excluding hydrogens is 487 g/mol. The minimum atomic E-state index is -0.711. The number of halogens is 1. The quantitative estimate of drug-likeness (QED) is 0.362. The van der Waals surface area contributed by atoms with E-state index in [4.69, 9.17) is 14.5 Å². The third-order valence-electron chi connectivity index (χ3n) is 6.20. The van der Waals surface area contributed by atoms with Crippen molar-refractivity contribution in [2.75, 3.05) is 7.11 Å². The van der Waals surface area contributed by atoms with Gasteiger partial charge in [-0.3, -0.25) is 4.98 Å². The summed E-state index contributed by atoms with van der Waals surface area (Å²) in [5, 5.41) is 2.83. The minimum Gasteiger partial charge on any atom is -0.453 e. The van der Waals surface area contributed by atoms with Gasteiger partial charge < -0.3 is 14.8 Å². The van der Waals surface area contributed by atoms with E-state index in [1.807, 2.05) is 24.3 Å². The normalized spacial score (nSPS) is 12.6. The van der Waals surface area contributed by atoms with Gasteiger partial charge in [-0.1, -0.05) is 51.5 Å². The van der Waals surface area contributed by atoms with Crippen molar-refractivity contribution in [3.8, 4) is 11.3 Å². The molecule has 9 heteroatoms. The van der Waals surface area contributed by atoms with Gasteiger partial charge in [-0.15, -0.1) is 0 Å². The Hall–Kier alpha value is -3.75. The molecule has 1 unspecified atom stereocenters. The molecule has 0 spiro atoms. The number of aromatic nitrogens is 3. The number of ether oxygens (including phenoxy) is 2. The van der Waals surface area contributed by atoms with Crippen LogP contribution in [-0.4, -0.2) is 39.4 Å². The highest BCUT2D eigenvalue weighted by atomic mass is 19.1. The van der Waals surface area contributed by atoms with Gasteiger partial charge in [-0.2, -0.15) is 0 Å². The Bertz CT molecular complexity index is 1250. The zero-order valence-corrected chi connectivity index (χ0v) is 23.2. The van der Waals surface area contributed by atoms with Crippen molar-refractivity contribution in [1.82, 2.24) is 19.9 Å². The van der Waals surface area contributed by atoms with Crippen LogP contribution in [0.5, 0.6) is 0 Å². The van der Waals surface area contributed by atoms with Crippen molar-refractivity contribution < 1.29 is 23.5 Å². The van der Waals surface area contributed by atoms with E-state index in [1.165, 1.54) is 23.9 Å². The molecule has 0 aliphatic carbocycles. The van der Waals surface area contributed by atoms with E-state index in [0.717, 1.165) is 23.2 Å². The van der Waals surface area contributed by atoms with Crippen LogP contribution < -0.4 is 5.32 Å². The average Bonchev–Trinajstić information content (AvgIpc) is 3.27. The third kappa shape index (κ3) is 7.87. The van der Waals surface area contributed by atoms with Crippen molar-refractivity contribution in [3.63, 3.8) is 0 Å². The van der Waals surface area contributed by atoms with Crippen LogP contribution in [0.3, 0.4) is 0 Å². The molecule has 0 saturated carbocycles. The Morgan fingerprint density at radius 3 is 2.32 bits per heavy atom. The molecule has 2 heterocycles. The number of hydrogen-bond donors (Lipinski definition) is 1. The number of hydrogen-bond acceptors (Lipinski definition) is 6. The van der Waals surface area contributed by atoms with Crippen LogP contribution >= 0.6 is 0 Å². The standard InChI is InChI=1S/C29H37FN4O4/c1-8-29(5,6)16-22-18-34(27(36)38-28(2,3)4)25(32-22)24(33-26(35)37-7)15-19-9-11-20(12-10-19)23-14-13-21(30)17-31-23/h9-14,17-18,24H,8,15-16H2,1-7H3,(H,33,35). The summed E-state index contributed by atoms with van der Waals surface area (Å²) in [5.41, 5.74) is 2.34. The lowest BCUT2D eigenvalue weighted by Crippen LogP contribution is -2.34. The fourth-order valence-electron chi connectivity index (χ4n) is 3.85. The number of amides is 1. The van der Waals surface area contributed by atoms with E-state index < -0.39 is 29.6 Å². The number of alkyl carbamates (subject to hydrolysis) is 1. The van der Waals surface area contributed by atoms with Gasteiger partial charge in [-0.25, -0.2) is 23.5 Å². The smallest absolute Gasteiger partial charge is 0.420 e. The molecule has 0 aliphatic rings. The zero-order chi connectivity index (χ0) is 28.1. The average molecular weight is 525 g/mol. The summed E-state index contributed by atoms with van der Waals surface area (Å²) in [7, 11) is 1.28. The maximum absolute atomic E-state index is 13.2. The summed E-state index contributed by atoms with van der Waals surface area (Å²) >= 11 is 0. The molecule has 3 rings (SSSR count). The first-order valence-corrected chi connectivity index (χ1v) is 12.7. The number of rotatable bonds is 8. The molecule has 8 nitrogen and oxygen atoms in total. The Morgan fingerprint density at radius 2 is 1.76 bits per heavy atom. The molecule has 1 amide bonds. The van der Waals surface area contributed by atoms with E-state index in [-0.39, 0.29) is 5.41 Å². The summed E-state index contributed by atoms with van der Waals surface area (Å²) in [5.74, 6) is -0.0416. The highest BCUT2D eigenvalue weighted by Crippen LogP contribution is 2.28. The Labute approximate surface area is 223 Å². The van der Waals surface area contributed by atoms with Crippen LogP contribution in [-0.2, 0) is 22.3 Å². The number of benzene rings is 1. The molecule has 0 fully saturated rings. The first-order valence-electron chi connectivity index (χ1n) is 12.7. The molecule has 0 aliphatic heterocycles. The topological polar surface area (TPSA) is 95.3 Å². The summed E-state index contributed by atoms with van der Waals surface area (Å²) in [4.78, 5) is 34.4. The number of carbonyl (C=O) groups excluding carboxylic acids is 2. The fraction of sp³-hybridized carbons (Fsp3) is 0.448. The van der Waals surface area contributed by atoms with Crippen LogP contribution in [0, 0.1) is 11.2 Å². The summed E-state index contributed by atoms with van der Waals surface area (Å²) in [6, 6.07) is 9.84. The van der Waals surface area contributed by atoms with Crippen LogP contribution in [0.2, 0.25) is 0 Å². The van der Waals surface area contributed by atoms with Crippen LogP contribution in [0.25, 0.3) is 11.3 Å². The predicted molar refractivity (Wildman–Crippen MR) is 143 cm³/mol. The van der Waals surface area contributed by atoms with E-state index in [2.05, 4.69) is 31.1 Å². The summed E-state index contributed by atoms with van der Waals surface area (Å²) in [6.45, 7) is 11.8. The lowest BCUT2D eigenvalue weighted by molar-refractivity contribution is 0.0527. The van der Waals surface area contributed by atoms with Gasteiger partial charge >= 0.3 is 12.2 Å². The van der Waals surface area contributed by atoms with Gasteiger partial charge in [0.05, 0.1) is 30.7 Å². The highest BCUT2D eigenvalue weighted by molar-refractivity contribution is 5.73. The molecule has 1 atom stereocenters. The van der Waals surface area contributed by atoms with Crippen molar-refractivity contribution in [1.29, 1.82) is 0 Å². The second kappa shape index (κ2) is 11.8. The Balaban J connectivity index is 1.98. The maximum atomic E-state index is 13.2. The van der Waals surface area contributed by atoms with Crippen molar-refractivity contribution in [3.05, 3.63) is 71.7 Å². The number of carbonyl (C=O) groups is 2. The minimum absolute atomic E-state index is 0.0279. The maximum Gasteiger partial charge on any atom is 0.420 e. The first-order chi connectivity index (χ1) is 17.8. The molecule has 38 heavy (non-hydrogen) atoms. The SMILES string of the molecule is CCC(C)(C)Cc1cn(C(=O)OC(C)(C)C)c(C(Cc2ccc(-c3ccc(F)cn3)cc2)NC(=O)OC)n1. The first kappa shape index (κ1) is 28.8. The van der Waals surface area contributed by atoms with Crippen LogP contribution in [0.4, 0.5) is 14.0 Å². The summed E-state index contributed by atoms with van der Waals surface area (Å²) in [6.07, 6.45) is 3.56. The molecule has 3 aromatic rings. The predicted octanol–water partition coefficient (Wildman–Crippen LogP) is 6.49. The van der Waals surface area contributed by atoms with Crippen molar-refractivity contribution in [2.45, 2.75) is 72.4 Å². The molecular formula is C29H37FN4O4. The largest absolute Gasteiger partial charge is 0.453 e. The van der Waals surface area contributed by atoms with E-state index >= 15 is 0 Å². The van der Waals surface area contributed by atoms with Gasteiger partial charge in [0, 0.05) is 18.2 Å². The lowest BCUT2D eigenvalue weighted by Gasteiger charge is -2.22. The van der Waals surface area contributed by atoms with Gasteiger partial charge in [0.25, 0.3) is 0 Å². The number of pyridine rings is 1. The van der Waals surface area contributed by atoms with Crippen molar-refractivity contribution in [2.24, 2.45) is 5.41 Å². The van der Waals surface area contributed by atoms with Gasteiger partial charge in [0.1, 0.15) is 17.2 Å². The third-order valence-corrected chi connectivity index (χ3v) is 6.20. The Kier molecular flexibility index (Phi) is 8.91. The Morgan fingerprint density at radius 1 is 1.08 bits per heavy atom. The molecule has 1 N–H and O–H groups in total. The van der Waals surface area contributed by atoms with E-state index in [0.29, 0.717) is 24.4 Å². The molecule has 1 aromatic carbocycles. The lowest BCUT2D eigenvalue weighted by atomic mass is 9.85. The number of nitrogens with one attached hydrogen (secondary N) is 1. The molecule has 0 radical (unpaired) electrons. The number of imidazole rings is 1. The van der Waals surface area contributed by atoms with Crippen LogP contribution in [0.1, 0.15) is 71.1 Å². The van der Waals surface area contributed by atoms with Gasteiger partial charge in [0.2, 0.25) is 0 Å². The summed E-state index contributed by atoms with van der Waals surface area (Å²) < 4.78 is 25.1. The fourth-order valence-corrected chi connectivity index (χ4v) is 3.85. The van der Waals surface area contributed by atoms with Crippen LogP contribution in [0.15, 0.2) is 48.8 Å². The van der Waals surface area contributed by atoms with Gasteiger partial charge in [0.15, 0.2) is 0 Å². The van der Waals surface area contributed by atoms with Gasteiger partial charge in [-0.05, 0) is 50.3 Å². The second-order valence-electron chi connectivity index (χ2n) is 11.1. The number of nitrogens with zero attached hydrogens (tertiary/aromatic N) is 3. The molecule has 0 saturated heterocycles. The second-order valence-corrected chi connectivity index (χ2v) is 11.1. The monoisotopic (exact) mass is 524 g/mol. The zero-order valence-electron chi connectivity index (χ0n) is 23.2. The molecule has 204 valence electrons. The molecule has 2 aromatic heterocycles. The van der Waals surface area contributed by atoms with E-state index in [1.54, 1.807) is 33.0 Å². The van der Waals surface area contributed by atoms with Crippen molar-refractivity contribution >= 4 is 12.2 Å².